The minimum atomic E-state index is 0.882. The fourth-order valence-electron chi connectivity index (χ4n) is 1.30. The van der Waals surface area contributed by atoms with Crippen molar-refractivity contribution in [3.05, 3.63) is 12.4 Å². The van der Waals surface area contributed by atoms with Gasteiger partial charge in [0.05, 0.1) is 6.67 Å². The summed E-state index contributed by atoms with van der Waals surface area (Å²) in [6, 6.07) is 0. The largest absolute Gasteiger partial charge is 0.385 e. The predicted octanol–water partition coefficient (Wildman–Crippen LogP) is 1.09. The Morgan fingerprint density at radius 2 is 2.17 bits per heavy atom. The molecule has 0 spiro atoms. The van der Waals surface area contributed by atoms with Gasteiger partial charge in [-0.3, -0.25) is 0 Å². The molecule has 70 valence electrons. The van der Waals surface area contributed by atoms with Gasteiger partial charge in [0.2, 0.25) is 0 Å². The van der Waals surface area contributed by atoms with E-state index in [0.29, 0.717) is 0 Å². The van der Waals surface area contributed by atoms with Crippen LogP contribution in [0.25, 0.3) is 0 Å². The molecule has 0 fully saturated rings. The molecule has 0 saturated carbocycles. The minimum Gasteiger partial charge on any atom is -0.385 e. The molecule has 3 nitrogen and oxygen atoms in total. The van der Waals surface area contributed by atoms with Crippen molar-refractivity contribution in [2.75, 3.05) is 34.0 Å². The summed E-state index contributed by atoms with van der Waals surface area (Å²) in [6.45, 7) is 3.06. The minimum absolute atomic E-state index is 0.882. The van der Waals surface area contributed by atoms with Crippen LogP contribution in [-0.4, -0.2) is 43.8 Å². The van der Waals surface area contributed by atoms with Gasteiger partial charge < -0.3 is 14.5 Å². The van der Waals surface area contributed by atoms with Gasteiger partial charge in [-0.05, 0) is 12.8 Å². The third-order valence-electron chi connectivity index (χ3n) is 1.98. The molecule has 0 radical (unpaired) electrons. The molecule has 1 rings (SSSR count). The van der Waals surface area contributed by atoms with E-state index >= 15 is 0 Å². The van der Waals surface area contributed by atoms with E-state index in [1.807, 2.05) is 0 Å². The second-order valence-corrected chi connectivity index (χ2v) is 3.21. The van der Waals surface area contributed by atoms with Crippen LogP contribution in [0.4, 0.5) is 0 Å². The highest BCUT2D eigenvalue weighted by Gasteiger charge is 2.06. The maximum absolute atomic E-state index is 4.98. The van der Waals surface area contributed by atoms with Crippen molar-refractivity contribution < 1.29 is 4.74 Å². The van der Waals surface area contributed by atoms with Crippen LogP contribution in [0.2, 0.25) is 0 Å². The quantitative estimate of drug-likeness (QED) is 0.574. The first-order chi connectivity index (χ1) is 5.83. The van der Waals surface area contributed by atoms with E-state index in [9.17, 15) is 0 Å². The molecule has 0 aromatic heterocycles. The van der Waals surface area contributed by atoms with Gasteiger partial charge in [-0.2, -0.15) is 0 Å². The van der Waals surface area contributed by atoms with Crippen LogP contribution in [-0.2, 0) is 4.74 Å². The first-order valence-corrected chi connectivity index (χ1v) is 4.44. The lowest BCUT2D eigenvalue weighted by Crippen LogP contribution is -2.23. The van der Waals surface area contributed by atoms with Gasteiger partial charge in [0.25, 0.3) is 0 Å². The fourth-order valence-corrected chi connectivity index (χ4v) is 1.30. The lowest BCUT2D eigenvalue weighted by atomic mass is 10.3. The number of unbranched alkanes of at least 4 members (excludes halogenated alkanes) is 1. The van der Waals surface area contributed by atoms with Crippen molar-refractivity contribution in [1.29, 1.82) is 0 Å². The first-order valence-electron chi connectivity index (χ1n) is 4.44. The Morgan fingerprint density at radius 3 is 2.75 bits per heavy atom. The van der Waals surface area contributed by atoms with Crippen LogP contribution in [0.1, 0.15) is 12.8 Å². The Morgan fingerprint density at radius 1 is 1.33 bits per heavy atom. The molecular weight excluding hydrogens is 152 g/mol. The van der Waals surface area contributed by atoms with Crippen LogP contribution in [0.5, 0.6) is 0 Å². The van der Waals surface area contributed by atoms with Crippen LogP contribution >= 0.6 is 0 Å². The molecule has 0 aromatic carbocycles. The van der Waals surface area contributed by atoms with Crippen LogP contribution in [0.15, 0.2) is 12.4 Å². The molecule has 0 saturated heterocycles. The fraction of sp³-hybridized carbons (Fsp3) is 0.778. The van der Waals surface area contributed by atoms with Gasteiger partial charge in [0.1, 0.15) is 0 Å². The van der Waals surface area contributed by atoms with Gasteiger partial charge in [-0.15, -0.1) is 0 Å². The van der Waals surface area contributed by atoms with Crippen molar-refractivity contribution in [2.45, 2.75) is 12.8 Å². The third-order valence-corrected chi connectivity index (χ3v) is 1.98. The number of hydrogen-bond acceptors (Lipinski definition) is 3. The molecule has 1 aliphatic heterocycles. The lowest BCUT2D eigenvalue weighted by Gasteiger charge is -2.17. The molecular formula is C9H18N2O. The van der Waals surface area contributed by atoms with E-state index in [-0.39, 0.29) is 0 Å². The van der Waals surface area contributed by atoms with Crippen molar-refractivity contribution in [3.8, 4) is 0 Å². The molecule has 0 unspecified atom stereocenters. The number of rotatable bonds is 5. The Hall–Kier alpha value is -0.700. The third kappa shape index (κ3) is 3.13. The second-order valence-electron chi connectivity index (χ2n) is 3.21. The first kappa shape index (κ1) is 9.39. The molecule has 0 aromatic rings. The van der Waals surface area contributed by atoms with Gasteiger partial charge in [0.15, 0.2) is 0 Å². The average Bonchev–Trinajstić information content (AvgIpc) is 2.45. The monoisotopic (exact) mass is 170 g/mol. The maximum atomic E-state index is 4.98. The normalized spacial score (nSPS) is 16.2. The predicted molar refractivity (Wildman–Crippen MR) is 49.6 cm³/mol. The van der Waals surface area contributed by atoms with E-state index in [1.54, 1.807) is 7.11 Å². The molecule has 0 amide bonds. The van der Waals surface area contributed by atoms with Crippen molar-refractivity contribution >= 4 is 0 Å². The molecule has 0 bridgehead atoms. The summed E-state index contributed by atoms with van der Waals surface area (Å²) in [4.78, 5) is 4.49. The highest BCUT2D eigenvalue weighted by atomic mass is 16.5. The topological polar surface area (TPSA) is 15.7 Å². The summed E-state index contributed by atoms with van der Waals surface area (Å²) < 4.78 is 4.98. The summed E-state index contributed by atoms with van der Waals surface area (Å²) in [6.07, 6.45) is 6.62. The molecule has 12 heavy (non-hydrogen) atoms. The molecule has 0 atom stereocenters. The van der Waals surface area contributed by atoms with Gasteiger partial charge in [-0.1, -0.05) is 0 Å². The van der Waals surface area contributed by atoms with E-state index in [1.165, 1.54) is 6.42 Å². The zero-order chi connectivity index (χ0) is 8.81. The van der Waals surface area contributed by atoms with Crippen LogP contribution in [0.3, 0.4) is 0 Å². The summed E-state index contributed by atoms with van der Waals surface area (Å²) in [5, 5.41) is 0. The Labute approximate surface area is 74.6 Å². The molecule has 0 aliphatic carbocycles. The van der Waals surface area contributed by atoms with Crippen molar-refractivity contribution in [3.63, 3.8) is 0 Å². The van der Waals surface area contributed by atoms with Gasteiger partial charge >= 0.3 is 0 Å². The van der Waals surface area contributed by atoms with Crippen LogP contribution in [0, 0.1) is 0 Å². The molecule has 3 heteroatoms. The number of nitrogens with zero attached hydrogens (tertiary/aromatic N) is 2. The summed E-state index contributed by atoms with van der Waals surface area (Å²) in [5.41, 5.74) is 0. The maximum Gasteiger partial charge on any atom is 0.0890 e. The van der Waals surface area contributed by atoms with Gasteiger partial charge in [0, 0.05) is 39.7 Å². The average molecular weight is 170 g/mol. The number of ether oxygens (including phenoxy) is 1. The van der Waals surface area contributed by atoms with Crippen LogP contribution < -0.4 is 0 Å². The van der Waals surface area contributed by atoms with Crippen molar-refractivity contribution in [1.82, 2.24) is 9.80 Å². The summed E-state index contributed by atoms with van der Waals surface area (Å²) in [7, 11) is 3.84. The van der Waals surface area contributed by atoms with E-state index in [2.05, 4.69) is 29.2 Å². The van der Waals surface area contributed by atoms with E-state index in [0.717, 1.165) is 26.2 Å². The Bertz CT molecular complexity index is 147. The molecule has 1 aliphatic rings. The standard InChI is InChI=1S/C9H18N2O/c1-10-6-7-11(9-10)5-3-4-8-12-2/h6-7H,3-5,8-9H2,1-2H3. The lowest BCUT2D eigenvalue weighted by molar-refractivity contribution is 0.187. The zero-order valence-electron chi connectivity index (χ0n) is 7.99. The molecule has 1 heterocycles. The molecule has 0 N–H and O–H groups in total. The van der Waals surface area contributed by atoms with E-state index < -0.39 is 0 Å². The smallest absolute Gasteiger partial charge is 0.0890 e. The zero-order valence-corrected chi connectivity index (χ0v) is 7.99. The number of hydrogen-bond donors (Lipinski definition) is 0. The second kappa shape index (κ2) is 5.04. The van der Waals surface area contributed by atoms with E-state index in [4.69, 9.17) is 4.74 Å². The highest BCUT2D eigenvalue weighted by Crippen LogP contribution is 2.04. The number of methoxy groups -OCH3 is 1. The summed E-state index contributed by atoms with van der Waals surface area (Å²) in [5.74, 6) is 0. The van der Waals surface area contributed by atoms with Gasteiger partial charge in [-0.25, -0.2) is 0 Å². The van der Waals surface area contributed by atoms with Crippen molar-refractivity contribution in [2.24, 2.45) is 0 Å². The highest BCUT2D eigenvalue weighted by molar-refractivity contribution is 4.88. The SMILES string of the molecule is COCCCCN1C=CN(C)C1. The summed E-state index contributed by atoms with van der Waals surface area (Å²) >= 11 is 0. The Kier molecular flexibility index (Phi) is 3.94. The Balaban J connectivity index is 1.98.